The molecule has 4 nitrogen and oxygen atoms in total. The molecule has 1 saturated heterocycles. The van der Waals surface area contributed by atoms with E-state index in [1.54, 1.807) is 18.2 Å². The van der Waals surface area contributed by atoms with Crippen molar-refractivity contribution < 1.29 is 9.53 Å². The van der Waals surface area contributed by atoms with Crippen molar-refractivity contribution in [1.82, 2.24) is 4.90 Å². The van der Waals surface area contributed by atoms with Crippen LogP contribution in [0.3, 0.4) is 0 Å². The Morgan fingerprint density at radius 1 is 1.29 bits per heavy atom. The molecule has 0 spiro atoms. The first-order chi connectivity index (χ1) is 10.3. The zero-order valence-corrected chi connectivity index (χ0v) is 12.1. The highest BCUT2D eigenvalue weighted by Crippen LogP contribution is 2.36. The number of hydrogen-bond donors (Lipinski definition) is 0. The molecule has 1 aliphatic carbocycles. The van der Waals surface area contributed by atoms with Crippen molar-refractivity contribution >= 4 is 5.91 Å². The molecule has 0 bridgehead atoms. The molecule has 3 rings (SSSR count). The first-order valence-corrected chi connectivity index (χ1v) is 7.71. The van der Waals surface area contributed by atoms with E-state index >= 15 is 0 Å². The molecule has 21 heavy (non-hydrogen) atoms. The predicted octanol–water partition coefficient (Wildman–Crippen LogP) is 2.73. The molecule has 4 heteroatoms. The normalized spacial score (nSPS) is 24.2. The summed E-state index contributed by atoms with van der Waals surface area (Å²) >= 11 is 0. The summed E-state index contributed by atoms with van der Waals surface area (Å²) in [7, 11) is 0. The summed E-state index contributed by atoms with van der Waals surface area (Å²) in [5.74, 6) is 1.24. The van der Waals surface area contributed by atoms with Crippen molar-refractivity contribution in [2.75, 3.05) is 13.2 Å². The van der Waals surface area contributed by atoms with Crippen LogP contribution in [0.15, 0.2) is 24.3 Å². The molecule has 2 unspecified atom stereocenters. The fraction of sp³-hybridized carbons (Fsp3) is 0.529. The quantitative estimate of drug-likeness (QED) is 0.857. The number of benzene rings is 1. The van der Waals surface area contributed by atoms with E-state index in [0.717, 1.165) is 19.4 Å². The minimum atomic E-state index is 0.0297. The second kappa shape index (κ2) is 6.17. The van der Waals surface area contributed by atoms with E-state index in [1.165, 1.54) is 19.3 Å². The molecule has 1 saturated carbocycles. The van der Waals surface area contributed by atoms with Crippen LogP contribution >= 0.6 is 0 Å². The number of carbonyl (C=O) groups is 1. The number of ether oxygens (including phenoxy) is 1. The van der Waals surface area contributed by atoms with E-state index < -0.39 is 0 Å². The minimum absolute atomic E-state index is 0.0297. The van der Waals surface area contributed by atoms with Gasteiger partial charge in [-0.3, -0.25) is 4.79 Å². The van der Waals surface area contributed by atoms with Gasteiger partial charge in [0, 0.05) is 12.6 Å². The molecule has 0 N–H and O–H groups in total. The molecule has 1 aromatic rings. The van der Waals surface area contributed by atoms with Gasteiger partial charge in [0.1, 0.15) is 11.8 Å². The topological polar surface area (TPSA) is 53.3 Å². The van der Waals surface area contributed by atoms with Crippen molar-refractivity contribution in [2.45, 2.75) is 38.1 Å². The molecule has 2 fully saturated rings. The van der Waals surface area contributed by atoms with Gasteiger partial charge in [0.15, 0.2) is 6.61 Å². The van der Waals surface area contributed by atoms with Gasteiger partial charge < -0.3 is 9.64 Å². The Morgan fingerprint density at radius 2 is 2.10 bits per heavy atom. The lowest BCUT2D eigenvalue weighted by Gasteiger charge is -2.31. The van der Waals surface area contributed by atoms with Crippen molar-refractivity contribution in [2.24, 2.45) is 5.92 Å². The summed E-state index contributed by atoms with van der Waals surface area (Å²) < 4.78 is 5.57. The van der Waals surface area contributed by atoms with Gasteiger partial charge in [0.2, 0.25) is 0 Å². The molecule has 1 aromatic carbocycles. The lowest BCUT2D eigenvalue weighted by atomic mass is 9.85. The Bertz CT molecular complexity index is 564. The average Bonchev–Trinajstić information content (AvgIpc) is 2.97. The molecule has 1 heterocycles. The number of amides is 1. The van der Waals surface area contributed by atoms with Crippen LogP contribution < -0.4 is 4.74 Å². The van der Waals surface area contributed by atoms with Gasteiger partial charge in [0.05, 0.1) is 5.56 Å². The highest BCUT2D eigenvalue weighted by Gasteiger charge is 2.38. The first-order valence-electron chi connectivity index (χ1n) is 7.71. The number of likely N-dealkylation sites (tertiary alicyclic amines) is 1. The number of carbonyl (C=O) groups excluding carboxylic acids is 1. The van der Waals surface area contributed by atoms with Gasteiger partial charge in [-0.1, -0.05) is 25.0 Å². The number of para-hydroxylation sites is 1. The van der Waals surface area contributed by atoms with Crippen LogP contribution in [-0.2, 0) is 4.79 Å². The molecule has 1 amide bonds. The largest absolute Gasteiger partial charge is 0.482 e. The predicted molar refractivity (Wildman–Crippen MR) is 78.7 cm³/mol. The Kier molecular flexibility index (Phi) is 4.10. The standard InChI is InChI=1S/C17H20N2O2/c18-11-14-6-2-4-8-16(14)21-12-17(20)19-10-9-13-5-1-3-7-15(13)19/h2,4,6,8,13,15H,1,3,5,7,9-10,12H2. The van der Waals surface area contributed by atoms with Crippen LogP contribution in [0, 0.1) is 17.2 Å². The second-order valence-corrected chi connectivity index (χ2v) is 5.88. The molecule has 0 aromatic heterocycles. The van der Waals surface area contributed by atoms with Crippen LogP contribution in [0.25, 0.3) is 0 Å². The maximum absolute atomic E-state index is 12.4. The van der Waals surface area contributed by atoms with Crippen LogP contribution in [0.1, 0.15) is 37.7 Å². The van der Waals surface area contributed by atoms with E-state index in [-0.39, 0.29) is 12.5 Å². The monoisotopic (exact) mass is 284 g/mol. The van der Waals surface area contributed by atoms with E-state index in [2.05, 4.69) is 6.07 Å². The van der Waals surface area contributed by atoms with E-state index in [9.17, 15) is 4.79 Å². The summed E-state index contributed by atoms with van der Waals surface area (Å²) in [5, 5.41) is 9.02. The third-order valence-corrected chi connectivity index (χ3v) is 4.69. The number of hydrogen-bond acceptors (Lipinski definition) is 3. The van der Waals surface area contributed by atoms with E-state index in [0.29, 0.717) is 23.3 Å². The first kappa shape index (κ1) is 13.9. The van der Waals surface area contributed by atoms with Crippen molar-refractivity contribution in [3.63, 3.8) is 0 Å². The van der Waals surface area contributed by atoms with Crippen LogP contribution in [0.2, 0.25) is 0 Å². The maximum atomic E-state index is 12.4. The average molecular weight is 284 g/mol. The number of fused-ring (bicyclic) bond motifs is 1. The van der Waals surface area contributed by atoms with Gasteiger partial charge in [-0.05, 0) is 37.3 Å². The van der Waals surface area contributed by atoms with Gasteiger partial charge >= 0.3 is 0 Å². The fourth-order valence-electron chi connectivity index (χ4n) is 3.62. The maximum Gasteiger partial charge on any atom is 0.260 e. The van der Waals surface area contributed by atoms with Crippen molar-refractivity contribution in [1.29, 1.82) is 5.26 Å². The molecule has 110 valence electrons. The van der Waals surface area contributed by atoms with Crippen LogP contribution in [0.4, 0.5) is 0 Å². The lowest BCUT2D eigenvalue weighted by molar-refractivity contribution is -0.134. The highest BCUT2D eigenvalue weighted by atomic mass is 16.5. The van der Waals surface area contributed by atoms with Crippen molar-refractivity contribution in [3.8, 4) is 11.8 Å². The smallest absolute Gasteiger partial charge is 0.260 e. The zero-order chi connectivity index (χ0) is 14.7. The summed E-state index contributed by atoms with van der Waals surface area (Å²) in [6.45, 7) is 0.888. The van der Waals surface area contributed by atoms with Crippen molar-refractivity contribution in [3.05, 3.63) is 29.8 Å². The Morgan fingerprint density at radius 3 is 2.95 bits per heavy atom. The summed E-state index contributed by atoms with van der Waals surface area (Å²) in [4.78, 5) is 14.4. The molecular weight excluding hydrogens is 264 g/mol. The van der Waals surface area contributed by atoms with E-state index in [1.807, 2.05) is 11.0 Å². The molecular formula is C17H20N2O2. The molecule has 0 radical (unpaired) electrons. The van der Waals surface area contributed by atoms with Gasteiger partial charge in [-0.25, -0.2) is 0 Å². The van der Waals surface area contributed by atoms with Gasteiger partial charge in [0.25, 0.3) is 5.91 Å². The second-order valence-electron chi connectivity index (χ2n) is 5.88. The van der Waals surface area contributed by atoms with E-state index in [4.69, 9.17) is 10.00 Å². The zero-order valence-electron chi connectivity index (χ0n) is 12.1. The minimum Gasteiger partial charge on any atom is -0.482 e. The summed E-state index contributed by atoms with van der Waals surface area (Å²) in [6, 6.07) is 9.54. The third-order valence-electron chi connectivity index (χ3n) is 4.69. The van der Waals surface area contributed by atoms with Crippen LogP contribution in [0.5, 0.6) is 5.75 Å². The van der Waals surface area contributed by atoms with Gasteiger partial charge in [-0.15, -0.1) is 0 Å². The number of nitriles is 1. The third kappa shape index (κ3) is 2.87. The summed E-state index contributed by atoms with van der Waals surface area (Å²) in [5.41, 5.74) is 0.474. The van der Waals surface area contributed by atoms with Gasteiger partial charge in [-0.2, -0.15) is 5.26 Å². The Labute approximate surface area is 125 Å². The molecule has 2 aliphatic rings. The number of rotatable bonds is 3. The number of nitrogens with zero attached hydrogens (tertiary/aromatic N) is 2. The highest BCUT2D eigenvalue weighted by molar-refractivity contribution is 5.78. The SMILES string of the molecule is N#Cc1ccccc1OCC(=O)N1CCC2CCCCC21. The van der Waals surface area contributed by atoms with Crippen LogP contribution in [-0.4, -0.2) is 30.0 Å². The summed E-state index contributed by atoms with van der Waals surface area (Å²) in [6.07, 6.45) is 6.04. The Hall–Kier alpha value is -2.02. The molecule has 1 aliphatic heterocycles. The fourth-order valence-corrected chi connectivity index (χ4v) is 3.62. The molecule has 2 atom stereocenters. The lowest BCUT2D eigenvalue weighted by Crippen LogP contribution is -2.41. The Balaban J connectivity index is 1.61.